The molecule has 0 saturated carbocycles. The van der Waals surface area contributed by atoms with Crippen LogP contribution in [0.1, 0.15) is 11.3 Å². The molecule has 1 aromatic heterocycles. The van der Waals surface area contributed by atoms with Crippen molar-refractivity contribution < 1.29 is 0 Å². The third kappa shape index (κ3) is 2.41. The summed E-state index contributed by atoms with van der Waals surface area (Å²) in [7, 11) is 0. The minimum Gasteiger partial charge on any atom is -0.278 e. The second-order valence-corrected chi connectivity index (χ2v) is 3.80. The van der Waals surface area contributed by atoms with Crippen molar-refractivity contribution in [2.45, 2.75) is 0 Å². The van der Waals surface area contributed by atoms with E-state index in [-0.39, 0.29) is 0 Å². The Bertz CT molecular complexity index is 455. The zero-order valence-corrected chi connectivity index (χ0v) is 9.26. The van der Waals surface area contributed by atoms with E-state index in [0.29, 0.717) is 10.0 Å². The lowest BCUT2D eigenvalue weighted by atomic mass is 10.2. The monoisotopic (exact) mass is 238 g/mol. The van der Waals surface area contributed by atoms with Gasteiger partial charge in [0.1, 0.15) is 0 Å². The fourth-order valence-electron chi connectivity index (χ4n) is 1.20. The van der Waals surface area contributed by atoms with Crippen LogP contribution in [0.15, 0.2) is 30.5 Å². The minimum absolute atomic E-state index is 0.637. The predicted molar refractivity (Wildman–Crippen MR) is 64.0 cm³/mol. The van der Waals surface area contributed by atoms with Crippen molar-refractivity contribution in [1.29, 1.82) is 0 Å². The largest absolute Gasteiger partial charge is 0.278 e. The Morgan fingerprint density at radius 1 is 1.07 bits per heavy atom. The SMILES string of the molecule is Clc1cccc(Cl)c1C=Cc1ccn[nH]1. The molecular formula is C11H8Cl2N2. The Morgan fingerprint density at radius 2 is 1.80 bits per heavy atom. The number of hydrogen-bond donors (Lipinski definition) is 1. The van der Waals surface area contributed by atoms with E-state index in [2.05, 4.69) is 10.2 Å². The Hall–Kier alpha value is -1.25. The molecule has 0 aliphatic carbocycles. The van der Waals surface area contributed by atoms with Gasteiger partial charge in [0.2, 0.25) is 0 Å². The Balaban J connectivity index is 2.32. The average molecular weight is 239 g/mol. The number of hydrogen-bond acceptors (Lipinski definition) is 1. The summed E-state index contributed by atoms with van der Waals surface area (Å²) in [5.74, 6) is 0. The quantitative estimate of drug-likeness (QED) is 0.846. The molecule has 0 saturated heterocycles. The smallest absolute Gasteiger partial charge is 0.0578 e. The van der Waals surface area contributed by atoms with E-state index in [0.717, 1.165) is 11.3 Å². The first-order chi connectivity index (χ1) is 7.27. The molecule has 0 aliphatic rings. The van der Waals surface area contributed by atoms with E-state index in [1.54, 1.807) is 18.3 Å². The first-order valence-corrected chi connectivity index (χ1v) is 5.14. The van der Waals surface area contributed by atoms with Gasteiger partial charge in [-0.15, -0.1) is 0 Å². The third-order valence-electron chi connectivity index (χ3n) is 1.95. The maximum atomic E-state index is 6.01. The first kappa shape index (κ1) is 10.3. The molecule has 76 valence electrons. The standard InChI is InChI=1S/C11H8Cl2N2/c12-10-2-1-3-11(13)9(10)5-4-8-6-7-14-15-8/h1-7H,(H,14,15). The van der Waals surface area contributed by atoms with Gasteiger partial charge in [-0.1, -0.05) is 29.3 Å². The Kier molecular flexibility index (Phi) is 3.09. The summed E-state index contributed by atoms with van der Waals surface area (Å²) < 4.78 is 0. The molecule has 1 heterocycles. The van der Waals surface area contributed by atoms with Crippen LogP contribution < -0.4 is 0 Å². The number of rotatable bonds is 2. The van der Waals surface area contributed by atoms with Gasteiger partial charge < -0.3 is 0 Å². The van der Waals surface area contributed by atoms with Crippen LogP contribution in [0.25, 0.3) is 12.2 Å². The van der Waals surface area contributed by atoms with Crippen LogP contribution in [0.2, 0.25) is 10.0 Å². The highest BCUT2D eigenvalue weighted by atomic mass is 35.5. The zero-order valence-electron chi connectivity index (χ0n) is 7.74. The van der Waals surface area contributed by atoms with Crippen LogP contribution >= 0.6 is 23.2 Å². The molecule has 2 aromatic rings. The summed E-state index contributed by atoms with van der Waals surface area (Å²) in [5, 5.41) is 7.93. The van der Waals surface area contributed by atoms with Gasteiger partial charge in [-0.3, -0.25) is 5.10 Å². The highest BCUT2D eigenvalue weighted by Gasteiger charge is 2.00. The number of halogens is 2. The van der Waals surface area contributed by atoms with Crippen molar-refractivity contribution in [3.63, 3.8) is 0 Å². The van der Waals surface area contributed by atoms with E-state index >= 15 is 0 Å². The summed E-state index contributed by atoms with van der Waals surface area (Å²) in [6.45, 7) is 0. The molecule has 0 bridgehead atoms. The molecule has 0 atom stereocenters. The van der Waals surface area contributed by atoms with Crippen LogP contribution in [0.5, 0.6) is 0 Å². The van der Waals surface area contributed by atoms with E-state index < -0.39 is 0 Å². The molecule has 0 aliphatic heterocycles. The van der Waals surface area contributed by atoms with Crippen molar-refractivity contribution in [3.8, 4) is 0 Å². The fraction of sp³-hybridized carbons (Fsp3) is 0. The molecule has 2 nitrogen and oxygen atoms in total. The molecular weight excluding hydrogens is 231 g/mol. The van der Waals surface area contributed by atoms with Crippen molar-refractivity contribution in [1.82, 2.24) is 10.2 Å². The van der Waals surface area contributed by atoms with Crippen molar-refractivity contribution in [2.24, 2.45) is 0 Å². The number of H-pyrrole nitrogens is 1. The van der Waals surface area contributed by atoms with Crippen LogP contribution in [-0.4, -0.2) is 10.2 Å². The fourth-order valence-corrected chi connectivity index (χ4v) is 1.73. The second-order valence-electron chi connectivity index (χ2n) is 2.98. The lowest BCUT2D eigenvalue weighted by Gasteiger charge is -1.99. The number of aromatic amines is 1. The highest BCUT2D eigenvalue weighted by molar-refractivity contribution is 6.37. The summed E-state index contributed by atoms with van der Waals surface area (Å²) >= 11 is 12.0. The molecule has 0 unspecified atom stereocenters. The molecule has 1 aromatic carbocycles. The average Bonchev–Trinajstić information content (AvgIpc) is 2.70. The minimum atomic E-state index is 0.637. The Labute approximate surface area is 97.5 Å². The summed E-state index contributed by atoms with van der Waals surface area (Å²) in [6.07, 6.45) is 5.42. The van der Waals surface area contributed by atoms with Crippen LogP contribution in [0, 0.1) is 0 Å². The van der Waals surface area contributed by atoms with Gasteiger partial charge in [0, 0.05) is 21.8 Å². The van der Waals surface area contributed by atoms with E-state index in [9.17, 15) is 0 Å². The van der Waals surface area contributed by atoms with Crippen molar-refractivity contribution >= 4 is 35.4 Å². The lowest BCUT2D eigenvalue weighted by molar-refractivity contribution is 1.08. The maximum absolute atomic E-state index is 6.01. The normalized spacial score (nSPS) is 11.1. The van der Waals surface area contributed by atoms with Crippen molar-refractivity contribution in [3.05, 3.63) is 51.8 Å². The predicted octanol–water partition coefficient (Wildman–Crippen LogP) is 3.89. The third-order valence-corrected chi connectivity index (χ3v) is 2.61. The number of aromatic nitrogens is 2. The number of benzene rings is 1. The van der Waals surface area contributed by atoms with Crippen LogP contribution in [0.3, 0.4) is 0 Å². The molecule has 0 spiro atoms. The molecule has 15 heavy (non-hydrogen) atoms. The van der Waals surface area contributed by atoms with Gasteiger partial charge >= 0.3 is 0 Å². The van der Waals surface area contributed by atoms with Crippen molar-refractivity contribution in [2.75, 3.05) is 0 Å². The Morgan fingerprint density at radius 3 is 2.40 bits per heavy atom. The molecule has 1 N–H and O–H groups in total. The second kappa shape index (κ2) is 4.51. The summed E-state index contributed by atoms with van der Waals surface area (Å²) in [4.78, 5) is 0. The molecule has 0 radical (unpaired) electrons. The highest BCUT2D eigenvalue weighted by Crippen LogP contribution is 2.25. The van der Waals surface area contributed by atoms with Gasteiger partial charge in [0.15, 0.2) is 0 Å². The first-order valence-electron chi connectivity index (χ1n) is 4.39. The molecule has 0 amide bonds. The summed E-state index contributed by atoms with van der Waals surface area (Å²) in [6, 6.07) is 7.29. The van der Waals surface area contributed by atoms with Gasteiger partial charge in [-0.25, -0.2) is 0 Å². The number of nitrogens with one attached hydrogen (secondary N) is 1. The van der Waals surface area contributed by atoms with Crippen LogP contribution in [0.4, 0.5) is 0 Å². The molecule has 2 rings (SSSR count). The summed E-state index contributed by atoms with van der Waals surface area (Å²) in [5.41, 5.74) is 1.72. The van der Waals surface area contributed by atoms with E-state index in [1.807, 2.05) is 24.3 Å². The van der Waals surface area contributed by atoms with E-state index in [4.69, 9.17) is 23.2 Å². The molecule has 0 fully saturated rings. The zero-order chi connectivity index (χ0) is 10.7. The molecule has 4 heteroatoms. The topological polar surface area (TPSA) is 28.7 Å². The number of nitrogens with zero attached hydrogens (tertiary/aromatic N) is 1. The lowest BCUT2D eigenvalue weighted by Crippen LogP contribution is -1.77. The van der Waals surface area contributed by atoms with Gasteiger partial charge in [0.05, 0.1) is 5.69 Å². The van der Waals surface area contributed by atoms with Gasteiger partial charge in [-0.2, -0.15) is 5.10 Å². The van der Waals surface area contributed by atoms with Crippen LogP contribution in [-0.2, 0) is 0 Å². The van der Waals surface area contributed by atoms with E-state index in [1.165, 1.54) is 0 Å². The maximum Gasteiger partial charge on any atom is 0.0578 e. The van der Waals surface area contributed by atoms with Gasteiger partial charge in [-0.05, 0) is 30.4 Å². The van der Waals surface area contributed by atoms with Gasteiger partial charge in [0.25, 0.3) is 0 Å².